The smallest absolute Gasteiger partial charge is 0.0424 e. The Kier molecular flexibility index (Phi) is 8.85. The molecule has 0 heterocycles. The first-order chi connectivity index (χ1) is 4.91. The maximum Gasteiger partial charge on any atom is 0.0424 e. The molecule has 0 bridgehead atoms. The molecule has 0 atom stereocenters. The molecule has 0 aliphatic heterocycles. The number of hydroxylamine groups is 1. The highest BCUT2D eigenvalue weighted by atomic mass is 16.5. The van der Waals surface area contributed by atoms with Crippen molar-refractivity contribution in [1.82, 2.24) is 5.48 Å². The van der Waals surface area contributed by atoms with Crippen LogP contribution in [0.3, 0.4) is 0 Å². The first kappa shape index (κ1) is 9.92. The van der Waals surface area contributed by atoms with E-state index in [4.69, 9.17) is 5.21 Å². The predicted molar refractivity (Wildman–Crippen MR) is 42.2 cm³/mol. The standard InChI is InChI=1S/C8H18NO/c1-2-3-4-5-6-7-8-9-10/h10H,2-8H2,1H3. The molecule has 0 aliphatic carbocycles. The van der Waals surface area contributed by atoms with Crippen molar-refractivity contribution in [2.75, 3.05) is 6.54 Å². The molecule has 61 valence electrons. The number of hydrogen-bond acceptors (Lipinski definition) is 1. The fourth-order valence-electron chi connectivity index (χ4n) is 0.963. The van der Waals surface area contributed by atoms with Crippen molar-refractivity contribution in [2.45, 2.75) is 45.4 Å². The summed E-state index contributed by atoms with van der Waals surface area (Å²) in [4.78, 5) is 0. The van der Waals surface area contributed by atoms with E-state index in [1.165, 1.54) is 32.1 Å². The summed E-state index contributed by atoms with van der Waals surface area (Å²) >= 11 is 0. The molecule has 0 aromatic rings. The predicted octanol–water partition coefficient (Wildman–Crippen LogP) is 2.34. The van der Waals surface area contributed by atoms with Gasteiger partial charge in [0.2, 0.25) is 0 Å². The molecule has 0 aromatic carbocycles. The lowest BCUT2D eigenvalue weighted by Crippen LogP contribution is -1.99. The second-order valence-electron chi connectivity index (χ2n) is 2.63. The molecule has 0 aliphatic rings. The van der Waals surface area contributed by atoms with Gasteiger partial charge in [0.15, 0.2) is 0 Å². The Hall–Kier alpha value is -0.0800. The number of rotatable bonds is 7. The summed E-state index contributed by atoms with van der Waals surface area (Å²) < 4.78 is 0. The average molecular weight is 144 g/mol. The summed E-state index contributed by atoms with van der Waals surface area (Å²) in [7, 11) is 0. The van der Waals surface area contributed by atoms with Crippen LogP contribution >= 0.6 is 0 Å². The van der Waals surface area contributed by atoms with Crippen LogP contribution in [0.1, 0.15) is 45.4 Å². The monoisotopic (exact) mass is 144 g/mol. The lowest BCUT2D eigenvalue weighted by atomic mass is 10.1. The van der Waals surface area contributed by atoms with Crippen molar-refractivity contribution in [3.8, 4) is 0 Å². The van der Waals surface area contributed by atoms with Gasteiger partial charge in [-0.3, -0.25) is 5.21 Å². The summed E-state index contributed by atoms with van der Waals surface area (Å²) in [5.41, 5.74) is 3.05. The number of unbranched alkanes of at least 4 members (excludes halogenated alkanes) is 5. The molecular formula is C8H18NO. The van der Waals surface area contributed by atoms with E-state index in [2.05, 4.69) is 12.4 Å². The minimum atomic E-state index is 0.617. The van der Waals surface area contributed by atoms with Crippen LogP contribution in [0.25, 0.3) is 0 Å². The molecule has 0 fully saturated rings. The molecule has 0 unspecified atom stereocenters. The van der Waals surface area contributed by atoms with E-state index in [-0.39, 0.29) is 0 Å². The zero-order valence-corrected chi connectivity index (χ0v) is 6.84. The third kappa shape index (κ3) is 7.92. The van der Waals surface area contributed by atoms with Gasteiger partial charge in [-0.25, -0.2) is 0 Å². The molecule has 1 radical (unpaired) electrons. The largest absolute Gasteiger partial charge is 0.297 e. The first-order valence-electron chi connectivity index (χ1n) is 4.22. The topological polar surface area (TPSA) is 34.3 Å². The highest BCUT2D eigenvalue weighted by Crippen LogP contribution is 2.03. The minimum absolute atomic E-state index is 0.617. The maximum absolute atomic E-state index is 8.09. The Bertz CT molecular complexity index is 49.2. The molecule has 1 N–H and O–H groups in total. The molecular weight excluding hydrogens is 126 g/mol. The molecule has 2 nitrogen and oxygen atoms in total. The lowest BCUT2D eigenvalue weighted by Gasteiger charge is -1.97. The van der Waals surface area contributed by atoms with Crippen molar-refractivity contribution < 1.29 is 5.21 Å². The fraction of sp³-hybridized carbons (Fsp3) is 1.00. The van der Waals surface area contributed by atoms with Gasteiger partial charge < -0.3 is 0 Å². The van der Waals surface area contributed by atoms with Gasteiger partial charge in [0, 0.05) is 6.54 Å². The van der Waals surface area contributed by atoms with Crippen LogP contribution in [-0.2, 0) is 0 Å². The molecule has 0 saturated heterocycles. The van der Waals surface area contributed by atoms with Crippen LogP contribution in [0.5, 0.6) is 0 Å². The van der Waals surface area contributed by atoms with E-state index in [0.717, 1.165) is 6.42 Å². The second kappa shape index (κ2) is 8.92. The van der Waals surface area contributed by atoms with Gasteiger partial charge in [-0.2, -0.15) is 0 Å². The SMILES string of the molecule is CCCCCCCC[N]O. The normalized spacial score (nSPS) is 10.2. The Morgan fingerprint density at radius 1 is 1.00 bits per heavy atom. The maximum atomic E-state index is 8.09. The van der Waals surface area contributed by atoms with E-state index in [9.17, 15) is 0 Å². The summed E-state index contributed by atoms with van der Waals surface area (Å²) in [5.74, 6) is 0. The van der Waals surface area contributed by atoms with Crippen molar-refractivity contribution >= 4 is 0 Å². The van der Waals surface area contributed by atoms with Crippen molar-refractivity contribution in [1.29, 1.82) is 0 Å². The molecule has 0 rings (SSSR count). The van der Waals surface area contributed by atoms with E-state index in [1.807, 2.05) is 0 Å². The zero-order valence-electron chi connectivity index (χ0n) is 6.84. The van der Waals surface area contributed by atoms with Crippen LogP contribution in [0, 0.1) is 0 Å². The van der Waals surface area contributed by atoms with Crippen LogP contribution in [-0.4, -0.2) is 11.8 Å². The van der Waals surface area contributed by atoms with E-state index in [1.54, 1.807) is 0 Å². The van der Waals surface area contributed by atoms with Crippen LogP contribution < -0.4 is 5.48 Å². The van der Waals surface area contributed by atoms with Gasteiger partial charge in [-0.1, -0.05) is 39.0 Å². The van der Waals surface area contributed by atoms with Gasteiger partial charge in [0.05, 0.1) is 0 Å². The highest BCUT2D eigenvalue weighted by Gasteiger charge is 1.88. The average Bonchev–Trinajstić information content (AvgIpc) is 1.97. The van der Waals surface area contributed by atoms with Gasteiger partial charge in [-0.05, 0) is 6.42 Å². The first-order valence-corrected chi connectivity index (χ1v) is 4.22. The van der Waals surface area contributed by atoms with Gasteiger partial charge in [0.1, 0.15) is 0 Å². The Balaban J connectivity index is 2.65. The highest BCUT2D eigenvalue weighted by molar-refractivity contribution is 4.43. The number of hydrogen-bond donors (Lipinski definition) is 1. The zero-order chi connectivity index (χ0) is 7.66. The molecule has 0 aromatic heterocycles. The quantitative estimate of drug-likeness (QED) is 0.432. The molecule has 10 heavy (non-hydrogen) atoms. The summed E-state index contributed by atoms with van der Waals surface area (Å²) in [5, 5.41) is 8.09. The molecule has 2 heteroatoms. The van der Waals surface area contributed by atoms with Gasteiger partial charge in [-0.15, -0.1) is 5.48 Å². The molecule has 0 amide bonds. The van der Waals surface area contributed by atoms with Gasteiger partial charge >= 0.3 is 0 Å². The van der Waals surface area contributed by atoms with Crippen LogP contribution in [0.4, 0.5) is 0 Å². The van der Waals surface area contributed by atoms with Gasteiger partial charge in [0.25, 0.3) is 0 Å². The number of nitrogens with zero attached hydrogens (tertiary/aromatic N) is 1. The summed E-state index contributed by atoms with van der Waals surface area (Å²) in [6.07, 6.45) is 7.52. The third-order valence-corrected chi connectivity index (χ3v) is 1.61. The van der Waals surface area contributed by atoms with E-state index in [0.29, 0.717) is 6.54 Å². The molecule has 0 saturated carbocycles. The summed E-state index contributed by atoms with van der Waals surface area (Å²) in [6, 6.07) is 0. The Morgan fingerprint density at radius 3 is 2.20 bits per heavy atom. The second-order valence-corrected chi connectivity index (χ2v) is 2.63. The molecule has 0 spiro atoms. The van der Waals surface area contributed by atoms with Crippen molar-refractivity contribution in [3.05, 3.63) is 0 Å². The van der Waals surface area contributed by atoms with E-state index < -0.39 is 0 Å². The minimum Gasteiger partial charge on any atom is -0.297 e. The van der Waals surface area contributed by atoms with Crippen LogP contribution in [0.15, 0.2) is 0 Å². The van der Waals surface area contributed by atoms with Crippen LogP contribution in [0.2, 0.25) is 0 Å². The van der Waals surface area contributed by atoms with E-state index >= 15 is 0 Å². The fourth-order valence-corrected chi connectivity index (χ4v) is 0.963. The Morgan fingerprint density at radius 2 is 1.60 bits per heavy atom. The van der Waals surface area contributed by atoms with Crippen molar-refractivity contribution in [2.24, 2.45) is 0 Å². The Labute approximate surface area is 63.6 Å². The van der Waals surface area contributed by atoms with Crippen molar-refractivity contribution in [3.63, 3.8) is 0 Å². The third-order valence-electron chi connectivity index (χ3n) is 1.61. The lowest BCUT2D eigenvalue weighted by molar-refractivity contribution is 0.154. The summed E-state index contributed by atoms with van der Waals surface area (Å²) in [6.45, 7) is 2.83.